The zero-order valence-electron chi connectivity index (χ0n) is 10.5. The number of aromatic carboxylic acids is 1. The Labute approximate surface area is 115 Å². The van der Waals surface area contributed by atoms with Crippen LogP contribution in [0.1, 0.15) is 23.5 Å². The first-order valence-corrected chi connectivity index (χ1v) is 7.86. The van der Waals surface area contributed by atoms with Crippen LogP contribution in [0.4, 0.5) is 0 Å². The van der Waals surface area contributed by atoms with Crippen LogP contribution in [-0.2, 0) is 10.0 Å². The van der Waals surface area contributed by atoms with E-state index in [0.717, 1.165) is 17.4 Å². The Morgan fingerprint density at radius 1 is 1.63 bits per heavy atom. The largest absolute Gasteiger partial charge is 0.477 e. The lowest BCUT2D eigenvalue weighted by atomic mass is 10.2. The smallest absolute Gasteiger partial charge is 0.345 e. The molecular formula is C11H14N2O4S2. The lowest BCUT2D eigenvalue weighted by molar-refractivity contribution is 0.0702. The van der Waals surface area contributed by atoms with Gasteiger partial charge in [-0.25, -0.2) is 13.2 Å². The zero-order valence-corrected chi connectivity index (χ0v) is 12.2. The molecule has 0 aliphatic rings. The molecule has 1 aromatic rings. The van der Waals surface area contributed by atoms with Crippen LogP contribution in [0.15, 0.2) is 16.3 Å². The fourth-order valence-electron chi connectivity index (χ4n) is 1.46. The minimum atomic E-state index is -3.74. The number of sulfonamides is 1. The molecular weight excluding hydrogens is 288 g/mol. The molecule has 6 nitrogen and oxygen atoms in total. The van der Waals surface area contributed by atoms with E-state index in [1.807, 2.05) is 6.07 Å². The van der Waals surface area contributed by atoms with E-state index < -0.39 is 21.9 Å². The average molecular weight is 302 g/mol. The molecule has 1 atom stereocenters. The van der Waals surface area contributed by atoms with Crippen molar-refractivity contribution in [1.82, 2.24) is 4.31 Å². The van der Waals surface area contributed by atoms with E-state index in [-0.39, 0.29) is 22.9 Å². The van der Waals surface area contributed by atoms with Gasteiger partial charge in [-0.05, 0) is 13.0 Å². The Kier molecular flexibility index (Phi) is 5.05. The van der Waals surface area contributed by atoms with Gasteiger partial charge in [-0.1, -0.05) is 6.92 Å². The van der Waals surface area contributed by atoms with Crippen LogP contribution in [0.5, 0.6) is 0 Å². The monoisotopic (exact) mass is 302 g/mol. The zero-order chi connectivity index (χ0) is 14.6. The predicted molar refractivity (Wildman–Crippen MR) is 70.5 cm³/mol. The van der Waals surface area contributed by atoms with Gasteiger partial charge in [0.25, 0.3) is 0 Å². The normalized spacial score (nSPS) is 13.2. The third kappa shape index (κ3) is 3.53. The number of rotatable bonds is 6. The molecule has 0 amide bonds. The molecule has 0 aliphatic heterocycles. The van der Waals surface area contributed by atoms with Gasteiger partial charge in [-0.15, -0.1) is 11.3 Å². The van der Waals surface area contributed by atoms with Gasteiger partial charge in [0.1, 0.15) is 4.88 Å². The highest BCUT2D eigenvalue weighted by molar-refractivity contribution is 7.89. The van der Waals surface area contributed by atoms with Gasteiger partial charge in [0.2, 0.25) is 10.0 Å². The summed E-state index contributed by atoms with van der Waals surface area (Å²) in [6.45, 7) is 3.63. The predicted octanol–water partition coefficient (Wildman–Crippen LogP) is 1.62. The van der Waals surface area contributed by atoms with E-state index in [9.17, 15) is 13.2 Å². The second kappa shape index (κ2) is 6.14. The van der Waals surface area contributed by atoms with Crippen LogP contribution in [0.2, 0.25) is 0 Å². The third-order valence-electron chi connectivity index (χ3n) is 2.47. The molecule has 0 aromatic carbocycles. The number of hydrogen-bond donors (Lipinski definition) is 1. The number of carboxylic acid groups (broad SMARTS) is 1. The summed E-state index contributed by atoms with van der Waals surface area (Å²) in [6, 6.07) is 3.12. The van der Waals surface area contributed by atoms with Gasteiger partial charge in [-0.3, -0.25) is 0 Å². The molecule has 0 radical (unpaired) electrons. The Hall–Kier alpha value is -1.43. The van der Waals surface area contributed by atoms with Crippen molar-refractivity contribution in [2.75, 3.05) is 13.1 Å². The molecule has 0 saturated carbocycles. The average Bonchev–Trinajstić information content (AvgIpc) is 2.85. The first-order valence-electron chi connectivity index (χ1n) is 5.54. The van der Waals surface area contributed by atoms with Gasteiger partial charge in [-0.2, -0.15) is 9.57 Å². The Bertz CT molecular complexity index is 600. The van der Waals surface area contributed by atoms with Gasteiger partial charge in [0.15, 0.2) is 0 Å². The van der Waals surface area contributed by atoms with Crippen molar-refractivity contribution in [1.29, 1.82) is 5.26 Å². The molecule has 0 spiro atoms. The molecule has 104 valence electrons. The van der Waals surface area contributed by atoms with Gasteiger partial charge in [0, 0.05) is 18.5 Å². The molecule has 1 heterocycles. The van der Waals surface area contributed by atoms with E-state index >= 15 is 0 Å². The number of nitrogens with zero attached hydrogens (tertiary/aromatic N) is 2. The van der Waals surface area contributed by atoms with Crippen LogP contribution < -0.4 is 0 Å². The van der Waals surface area contributed by atoms with Crippen molar-refractivity contribution >= 4 is 27.3 Å². The van der Waals surface area contributed by atoms with Crippen molar-refractivity contribution in [2.45, 2.75) is 18.7 Å². The minimum absolute atomic E-state index is 0.0250. The lowest BCUT2D eigenvalue weighted by Crippen LogP contribution is -2.34. The van der Waals surface area contributed by atoms with E-state index in [1.165, 1.54) is 9.69 Å². The fourth-order valence-corrected chi connectivity index (χ4v) is 4.10. The van der Waals surface area contributed by atoms with E-state index in [2.05, 4.69) is 0 Å². The maximum atomic E-state index is 12.3. The summed E-state index contributed by atoms with van der Waals surface area (Å²) in [6.07, 6.45) is 0. The van der Waals surface area contributed by atoms with Crippen LogP contribution >= 0.6 is 11.3 Å². The minimum Gasteiger partial charge on any atom is -0.477 e. The molecule has 0 saturated heterocycles. The Balaban J connectivity index is 3.06. The van der Waals surface area contributed by atoms with Crippen LogP contribution in [0, 0.1) is 17.2 Å². The highest BCUT2D eigenvalue weighted by atomic mass is 32.2. The summed E-state index contributed by atoms with van der Waals surface area (Å²) in [7, 11) is -3.74. The summed E-state index contributed by atoms with van der Waals surface area (Å²) < 4.78 is 25.7. The summed E-state index contributed by atoms with van der Waals surface area (Å²) in [4.78, 5) is 10.7. The summed E-state index contributed by atoms with van der Waals surface area (Å²) in [5.41, 5.74) is 0. The number of carboxylic acids is 1. The maximum Gasteiger partial charge on any atom is 0.345 e. The van der Waals surface area contributed by atoms with E-state index in [1.54, 1.807) is 13.8 Å². The van der Waals surface area contributed by atoms with Crippen molar-refractivity contribution in [2.24, 2.45) is 5.92 Å². The second-order valence-corrected chi connectivity index (χ2v) is 6.79. The standard InChI is InChI=1S/C11H14N2O4S2/c1-3-13(6-8(2)5-12)19(16,17)9-4-10(11(14)15)18-7-9/h4,7-8H,3,6H2,1-2H3,(H,14,15). The van der Waals surface area contributed by atoms with Crippen LogP contribution in [0.25, 0.3) is 0 Å². The topological polar surface area (TPSA) is 98.5 Å². The van der Waals surface area contributed by atoms with Crippen molar-refractivity contribution in [3.05, 3.63) is 16.3 Å². The molecule has 0 aliphatic carbocycles. The number of thiophene rings is 1. The molecule has 19 heavy (non-hydrogen) atoms. The molecule has 8 heteroatoms. The van der Waals surface area contributed by atoms with Gasteiger partial charge < -0.3 is 5.11 Å². The number of nitriles is 1. The van der Waals surface area contributed by atoms with Crippen molar-refractivity contribution in [3.63, 3.8) is 0 Å². The first kappa shape index (κ1) is 15.6. The van der Waals surface area contributed by atoms with Crippen LogP contribution in [-0.4, -0.2) is 36.9 Å². The SMILES string of the molecule is CCN(CC(C)C#N)S(=O)(=O)c1csc(C(=O)O)c1. The van der Waals surface area contributed by atoms with Crippen molar-refractivity contribution < 1.29 is 18.3 Å². The van der Waals surface area contributed by atoms with E-state index in [4.69, 9.17) is 10.4 Å². The number of hydrogen-bond acceptors (Lipinski definition) is 5. The summed E-state index contributed by atoms with van der Waals surface area (Å²) in [5, 5.41) is 18.9. The first-order chi connectivity index (χ1) is 8.82. The summed E-state index contributed by atoms with van der Waals surface area (Å²) >= 11 is 0.867. The molecule has 1 unspecified atom stereocenters. The fraction of sp³-hybridized carbons (Fsp3) is 0.455. The van der Waals surface area contributed by atoms with E-state index in [0.29, 0.717) is 0 Å². The third-order valence-corrected chi connectivity index (χ3v) is 5.46. The molecule has 1 aromatic heterocycles. The highest BCUT2D eigenvalue weighted by Crippen LogP contribution is 2.23. The molecule has 0 bridgehead atoms. The molecule has 0 fully saturated rings. The van der Waals surface area contributed by atoms with Gasteiger partial charge in [0.05, 0.1) is 16.9 Å². The maximum absolute atomic E-state index is 12.3. The quantitative estimate of drug-likeness (QED) is 0.861. The Morgan fingerprint density at radius 3 is 2.68 bits per heavy atom. The van der Waals surface area contributed by atoms with Crippen LogP contribution in [0.3, 0.4) is 0 Å². The second-order valence-electron chi connectivity index (χ2n) is 3.94. The highest BCUT2D eigenvalue weighted by Gasteiger charge is 2.26. The lowest BCUT2D eigenvalue weighted by Gasteiger charge is -2.20. The molecule has 1 rings (SSSR count). The molecule has 1 N–H and O–H groups in total. The Morgan fingerprint density at radius 2 is 2.26 bits per heavy atom. The number of carbonyl (C=O) groups is 1. The van der Waals surface area contributed by atoms with Gasteiger partial charge >= 0.3 is 5.97 Å². The van der Waals surface area contributed by atoms with Crippen molar-refractivity contribution in [3.8, 4) is 6.07 Å². The summed E-state index contributed by atoms with van der Waals surface area (Å²) in [5.74, 6) is -1.58.